The Bertz CT molecular complexity index is 3930. The number of likely N-dealkylation sites (N-methyl/N-ethyl adjacent to an activating group) is 1. The lowest BCUT2D eigenvalue weighted by Gasteiger charge is -2.39. The molecule has 7 aromatic carbocycles. The van der Waals surface area contributed by atoms with Gasteiger partial charge in [0.15, 0.2) is 0 Å². The lowest BCUT2D eigenvalue weighted by Crippen LogP contribution is -2.39. The zero-order valence-corrected chi connectivity index (χ0v) is 55.7. The summed E-state index contributed by atoms with van der Waals surface area (Å²) in [5, 5.41) is 12.3. The second kappa shape index (κ2) is 32.7. The van der Waals surface area contributed by atoms with Gasteiger partial charge in [-0.25, -0.2) is 19.1 Å². The van der Waals surface area contributed by atoms with E-state index in [4.69, 9.17) is 42.2 Å². The van der Waals surface area contributed by atoms with Gasteiger partial charge in [0.05, 0.1) is 52.6 Å². The van der Waals surface area contributed by atoms with Gasteiger partial charge in [0.25, 0.3) is 14.4 Å². The van der Waals surface area contributed by atoms with Crippen molar-refractivity contribution in [3.05, 3.63) is 243 Å². The van der Waals surface area contributed by atoms with Crippen molar-refractivity contribution in [2.45, 2.75) is 102 Å². The molecule has 0 radical (unpaired) electrons. The lowest BCUT2D eigenvalue weighted by atomic mass is 9.80. The number of carbonyl (C=O) groups is 4. The number of nitrogens with zero attached hydrogens (tertiary/aromatic N) is 5. The van der Waals surface area contributed by atoms with Gasteiger partial charge < -0.3 is 52.4 Å². The van der Waals surface area contributed by atoms with E-state index in [2.05, 4.69) is 73.0 Å². The number of hydrogen-bond donors (Lipinski definition) is 1. The standard InChI is InChI=1S/C75H79N6O14P/c1-50(2)81(51(3)4)96(92-44-15-41-76)95-67-47-70(94-68(67)49-91-75(55-16-9-8-10-17-55,56-29-36-59(87-6)37-30-56)57-31-38-60(88-7)39-32-57)80-42-40-69(78-72(80)84)77-71(83)54-27-22-52(23-28-54)24-33-58(82)46-53-25-34-61(35-26-53)93-74(86)89-45-43-79(5)73(85)90-48-66-64-20-13-11-18-62(64)63-19-12-14-21-65(63)66/h8-14,16-23,25-32,34-40,42,50-51,66-68,70H,15,24,33,43-49H2,1-7H3,(H,77,78,83,84)/t67-,68-,70-,96?/m1/s1. The topological polar surface area (TPSA) is 229 Å². The first kappa shape index (κ1) is 69.3. The Morgan fingerprint density at radius 3 is 1.89 bits per heavy atom. The SMILES string of the molecule is COc1ccc(C(OC[C@H]2O[C@@H](n3ccc(NC(=O)c4ccc(CCC(=O)Cc5ccc(OC(=O)OCCN(C)C(=O)OCC6c7ccccc7-c7ccccc76)cc5)cc4)nc3=O)C[C@H]2OP(OCCC#N)N(C(C)C)C(C)C)(c2ccccc2)c2ccc(OC)cc2)cc1. The molecule has 8 aromatic rings. The molecule has 1 fully saturated rings. The highest BCUT2D eigenvalue weighted by molar-refractivity contribution is 7.44. The quantitative estimate of drug-likeness (QED) is 0.0145. The van der Waals surface area contributed by atoms with Crippen LogP contribution in [-0.4, -0.2) is 122 Å². The van der Waals surface area contributed by atoms with Crippen LogP contribution in [0, 0.1) is 11.3 Å². The summed E-state index contributed by atoms with van der Waals surface area (Å²) >= 11 is 0. The van der Waals surface area contributed by atoms with E-state index in [9.17, 15) is 29.2 Å². The molecule has 1 N–H and O–H groups in total. The van der Waals surface area contributed by atoms with Gasteiger partial charge in [0.2, 0.25) is 0 Å². The summed E-state index contributed by atoms with van der Waals surface area (Å²) in [6.45, 7) is 8.47. The Morgan fingerprint density at radius 2 is 1.29 bits per heavy atom. The van der Waals surface area contributed by atoms with Crippen LogP contribution in [0.15, 0.2) is 193 Å². The molecule has 20 nitrogen and oxygen atoms in total. The molecule has 1 aliphatic heterocycles. The number of nitrogens with one attached hydrogen (secondary N) is 1. The Balaban J connectivity index is 0.729. The first-order valence-electron chi connectivity index (χ1n) is 32.0. The average molecular weight is 1320 g/mol. The Hall–Kier alpha value is -9.58. The smallest absolute Gasteiger partial charge is 0.497 e. The van der Waals surface area contributed by atoms with Gasteiger partial charge in [0, 0.05) is 56.1 Å². The third-order valence-corrected chi connectivity index (χ3v) is 19.0. The van der Waals surface area contributed by atoms with E-state index in [1.165, 1.54) is 21.7 Å². The van der Waals surface area contributed by atoms with Gasteiger partial charge in [0.1, 0.15) is 60.0 Å². The number of anilines is 1. The van der Waals surface area contributed by atoms with Crippen molar-refractivity contribution >= 4 is 38.3 Å². The van der Waals surface area contributed by atoms with Gasteiger partial charge in [-0.3, -0.25) is 14.2 Å². The first-order valence-corrected chi connectivity index (χ1v) is 33.1. The van der Waals surface area contributed by atoms with Crippen molar-refractivity contribution in [1.82, 2.24) is 19.1 Å². The molecule has 0 spiro atoms. The minimum Gasteiger partial charge on any atom is -0.497 e. The van der Waals surface area contributed by atoms with E-state index >= 15 is 0 Å². The third-order valence-electron chi connectivity index (χ3n) is 16.8. The van der Waals surface area contributed by atoms with E-state index in [1.807, 2.05) is 103 Å². The molecule has 0 bridgehead atoms. The molecular weight excluding hydrogens is 1240 g/mol. The highest BCUT2D eigenvalue weighted by atomic mass is 31.2. The van der Waals surface area contributed by atoms with Crippen LogP contribution in [0.4, 0.5) is 15.4 Å². The van der Waals surface area contributed by atoms with Gasteiger partial charge >= 0.3 is 17.9 Å². The third kappa shape index (κ3) is 16.9. The van der Waals surface area contributed by atoms with Crippen LogP contribution in [-0.2, 0) is 51.2 Å². The number of carbonyl (C=O) groups excluding carboxylic acids is 4. The van der Waals surface area contributed by atoms with Gasteiger partial charge in [-0.1, -0.05) is 127 Å². The van der Waals surface area contributed by atoms with Crippen molar-refractivity contribution in [2.75, 3.05) is 59.6 Å². The number of nitriles is 1. The molecule has 1 aliphatic carbocycles. The molecule has 10 rings (SSSR count). The van der Waals surface area contributed by atoms with Crippen LogP contribution < -0.4 is 25.2 Å². The molecule has 4 atom stereocenters. The second-order valence-corrected chi connectivity index (χ2v) is 25.2. The number of benzene rings is 7. The molecule has 21 heteroatoms. The molecule has 2 aliphatic rings. The number of aryl methyl sites for hydroxylation is 1. The summed E-state index contributed by atoms with van der Waals surface area (Å²) in [6, 6.07) is 58.6. The van der Waals surface area contributed by atoms with E-state index in [-0.39, 0.29) is 94.0 Å². The summed E-state index contributed by atoms with van der Waals surface area (Å²) in [4.78, 5) is 71.9. The fraction of sp³-hybridized carbons (Fsp3) is 0.320. The minimum atomic E-state index is -1.77. The monoisotopic (exact) mass is 1320 g/mol. The maximum Gasteiger partial charge on any atom is 0.513 e. The normalized spacial score (nSPS) is 15.3. The number of ether oxygens (including phenoxy) is 7. The van der Waals surface area contributed by atoms with Crippen molar-refractivity contribution in [3.63, 3.8) is 0 Å². The number of rotatable bonds is 30. The van der Waals surface area contributed by atoms with Crippen LogP contribution in [0.25, 0.3) is 11.1 Å². The van der Waals surface area contributed by atoms with Gasteiger partial charge in [-0.15, -0.1) is 0 Å². The zero-order chi connectivity index (χ0) is 67.7. The number of methoxy groups -OCH3 is 2. The van der Waals surface area contributed by atoms with E-state index < -0.39 is 56.4 Å². The van der Waals surface area contributed by atoms with Crippen molar-refractivity contribution in [2.24, 2.45) is 0 Å². The van der Waals surface area contributed by atoms with Gasteiger partial charge in [-0.2, -0.15) is 10.2 Å². The molecule has 2 heterocycles. The Morgan fingerprint density at radius 1 is 0.708 bits per heavy atom. The maximum absolute atomic E-state index is 14.1. The largest absolute Gasteiger partial charge is 0.513 e. The number of fused-ring (bicyclic) bond motifs is 3. The molecule has 1 saturated heterocycles. The summed E-state index contributed by atoms with van der Waals surface area (Å²) in [5.74, 6) is 0.999. The van der Waals surface area contributed by atoms with Crippen LogP contribution in [0.5, 0.6) is 17.2 Å². The van der Waals surface area contributed by atoms with Crippen LogP contribution in [0.2, 0.25) is 0 Å². The molecule has 2 amide bonds. The Labute approximate surface area is 560 Å². The Kier molecular flexibility index (Phi) is 23.6. The van der Waals surface area contributed by atoms with Crippen molar-refractivity contribution in [3.8, 4) is 34.4 Å². The number of aromatic nitrogens is 2. The van der Waals surface area contributed by atoms with E-state index in [1.54, 1.807) is 69.8 Å². The van der Waals surface area contributed by atoms with Crippen LogP contribution in [0.1, 0.15) is 108 Å². The van der Waals surface area contributed by atoms with Crippen molar-refractivity contribution < 1.29 is 61.4 Å². The molecular formula is C75H79N6O14P. The number of Topliss-reactive ketones (excluding diaryl/α,β-unsaturated/α-hetero) is 1. The van der Waals surface area contributed by atoms with E-state index in [0.29, 0.717) is 23.5 Å². The van der Waals surface area contributed by atoms with Crippen LogP contribution in [0.3, 0.4) is 0 Å². The highest BCUT2D eigenvalue weighted by Gasteiger charge is 2.45. The number of hydrogen-bond acceptors (Lipinski definition) is 17. The maximum atomic E-state index is 14.1. The molecule has 0 saturated carbocycles. The average Bonchev–Trinajstić information content (AvgIpc) is 1.21. The fourth-order valence-electron chi connectivity index (χ4n) is 12.0. The fourth-order valence-corrected chi connectivity index (χ4v) is 13.8. The van der Waals surface area contributed by atoms with E-state index in [0.717, 1.165) is 50.1 Å². The zero-order valence-electron chi connectivity index (χ0n) is 54.8. The summed E-state index contributed by atoms with van der Waals surface area (Å²) in [6.07, 6.45) is -1.17. The van der Waals surface area contributed by atoms with Gasteiger partial charge in [-0.05, 0) is 139 Å². The molecule has 1 unspecified atom stereocenters. The predicted molar refractivity (Wildman–Crippen MR) is 363 cm³/mol. The first-order chi connectivity index (χ1) is 46.5. The highest BCUT2D eigenvalue weighted by Crippen LogP contribution is 2.51. The second-order valence-electron chi connectivity index (χ2n) is 23.8. The summed E-state index contributed by atoms with van der Waals surface area (Å²) in [7, 11) is 3.03. The molecule has 96 heavy (non-hydrogen) atoms. The van der Waals surface area contributed by atoms with Crippen molar-refractivity contribution in [1.29, 1.82) is 5.26 Å². The molecule has 1 aromatic heterocycles. The van der Waals surface area contributed by atoms with Crippen LogP contribution >= 0.6 is 8.53 Å². The minimum absolute atomic E-state index is 0.000788. The predicted octanol–water partition coefficient (Wildman–Crippen LogP) is 13.6. The summed E-state index contributed by atoms with van der Waals surface area (Å²) in [5.41, 5.74) is 6.92. The molecule has 498 valence electrons. The lowest BCUT2D eigenvalue weighted by molar-refractivity contribution is -0.118. The number of amides is 2. The summed E-state index contributed by atoms with van der Waals surface area (Å²) < 4.78 is 58.5. The number of ketones is 1.